The van der Waals surface area contributed by atoms with Crippen molar-refractivity contribution in [1.29, 1.82) is 5.26 Å². The van der Waals surface area contributed by atoms with Crippen LogP contribution >= 0.6 is 11.3 Å². The first-order chi connectivity index (χ1) is 8.38. The molecule has 0 saturated carbocycles. The molecule has 1 atom stereocenters. The van der Waals surface area contributed by atoms with Crippen LogP contribution in [0.2, 0.25) is 0 Å². The molecule has 0 bridgehead atoms. The molecule has 2 nitrogen and oxygen atoms in total. The Morgan fingerprint density at radius 2 is 2.00 bits per heavy atom. The summed E-state index contributed by atoms with van der Waals surface area (Å²) < 4.78 is 0. The van der Waals surface area contributed by atoms with Gasteiger partial charge in [-0.3, -0.25) is 5.32 Å². The summed E-state index contributed by atoms with van der Waals surface area (Å²) >= 11 is 1.71. The van der Waals surface area contributed by atoms with E-state index in [1.54, 1.807) is 11.3 Å². The van der Waals surface area contributed by atoms with Gasteiger partial charge in [-0.15, -0.1) is 11.3 Å². The average Bonchev–Trinajstić information content (AvgIpc) is 2.89. The average molecular weight is 242 g/mol. The lowest BCUT2D eigenvalue weighted by Gasteiger charge is -2.10. The second-order valence-corrected chi connectivity index (χ2v) is 4.86. The van der Waals surface area contributed by atoms with Crippen LogP contribution in [0.1, 0.15) is 10.4 Å². The zero-order valence-corrected chi connectivity index (χ0v) is 10.3. The quantitative estimate of drug-likeness (QED) is 0.875. The summed E-state index contributed by atoms with van der Waals surface area (Å²) in [6, 6.07) is 16.4. The molecule has 0 amide bonds. The van der Waals surface area contributed by atoms with Crippen LogP contribution in [0.4, 0.5) is 0 Å². The highest BCUT2D eigenvalue weighted by Crippen LogP contribution is 2.09. The second kappa shape index (κ2) is 6.19. The lowest BCUT2D eigenvalue weighted by atomic mass is 10.1. The first-order valence-corrected chi connectivity index (χ1v) is 6.46. The summed E-state index contributed by atoms with van der Waals surface area (Å²) in [5, 5.41) is 14.4. The third-order valence-corrected chi connectivity index (χ3v) is 3.42. The van der Waals surface area contributed by atoms with Crippen LogP contribution in [0, 0.1) is 11.3 Å². The molecule has 2 rings (SSSR count). The Bertz CT molecular complexity index is 471. The van der Waals surface area contributed by atoms with Crippen LogP contribution in [0.3, 0.4) is 0 Å². The van der Waals surface area contributed by atoms with E-state index in [0.29, 0.717) is 0 Å². The van der Waals surface area contributed by atoms with Crippen LogP contribution in [0.25, 0.3) is 0 Å². The van der Waals surface area contributed by atoms with Gasteiger partial charge in [-0.25, -0.2) is 0 Å². The summed E-state index contributed by atoms with van der Waals surface area (Å²) in [5.41, 5.74) is 1.19. The van der Waals surface area contributed by atoms with E-state index in [0.717, 1.165) is 13.0 Å². The van der Waals surface area contributed by atoms with Crippen LogP contribution < -0.4 is 5.32 Å². The number of hydrogen-bond donors (Lipinski definition) is 1. The maximum Gasteiger partial charge on any atom is 0.0996 e. The van der Waals surface area contributed by atoms with Gasteiger partial charge in [0.25, 0.3) is 0 Å². The molecule has 0 saturated heterocycles. The van der Waals surface area contributed by atoms with Gasteiger partial charge in [-0.05, 0) is 17.0 Å². The molecule has 0 spiro atoms. The minimum Gasteiger partial charge on any atom is -0.297 e. The topological polar surface area (TPSA) is 35.8 Å². The molecule has 0 aliphatic carbocycles. The number of hydrogen-bond acceptors (Lipinski definition) is 3. The van der Waals surface area contributed by atoms with E-state index in [4.69, 9.17) is 5.26 Å². The smallest absolute Gasteiger partial charge is 0.0996 e. The van der Waals surface area contributed by atoms with E-state index >= 15 is 0 Å². The zero-order chi connectivity index (χ0) is 11.9. The molecule has 1 aromatic heterocycles. The van der Waals surface area contributed by atoms with E-state index in [9.17, 15) is 0 Å². The number of nitrogens with zero attached hydrogens (tertiary/aromatic N) is 1. The molecule has 0 radical (unpaired) electrons. The minimum absolute atomic E-state index is 0.125. The Hall–Kier alpha value is -1.63. The van der Waals surface area contributed by atoms with Crippen LogP contribution in [0.5, 0.6) is 0 Å². The van der Waals surface area contributed by atoms with Crippen molar-refractivity contribution < 1.29 is 0 Å². The monoisotopic (exact) mass is 242 g/mol. The van der Waals surface area contributed by atoms with Crippen molar-refractivity contribution in [3.8, 4) is 6.07 Å². The summed E-state index contributed by atoms with van der Waals surface area (Å²) in [4.78, 5) is 1.26. The highest BCUT2D eigenvalue weighted by molar-refractivity contribution is 7.09. The molecular weight excluding hydrogens is 228 g/mol. The van der Waals surface area contributed by atoms with E-state index in [-0.39, 0.29) is 6.04 Å². The standard InChI is InChI=1S/C14H14N2S/c15-10-13(9-12-5-2-1-3-6-12)16-11-14-7-4-8-17-14/h1-8,13,16H,9,11H2. The van der Waals surface area contributed by atoms with Gasteiger partial charge in [0, 0.05) is 17.8 Å². The summed E-state index contributed by atoms with van der Waals surface area (Å²) in [6.45, 7) is 0.767. The van der Waals surface area contributed by atoms with Gasteiger partial charge in [0.1, 0.15) is 0 Å². The number of thiophene rings is 1. The molecule has 1 heterocycles. The molecular formula is C14H14N2S. The highest BCUT2D eigenvalue weighted by atomic mass is 32.1. The van der Waals surface area contributed by atoms with E-state index in [1.165, 1.54) is 10.4 Å². The van der Waals surface area contributed by atoms with E-state index in [2.05, 4.69) is 35.0 Å². The maximum absolute atomic E-state index is 9.11. The fraction of sp³-hybridized carbons (Fsp3) is 0.214. The summed E-state index contributed by atoms with van der Waals surface area (Å²) in [7, 11) is 0. The zero-order valence-electron chi connectivity index (χ0n) is 9.47. The van der Waals surface area contributed by atoms with Crippen molar-refractivity contribution in [2.45, 2.75) is 19.0 Å². The van der Waals surface area contributed by atoms with Crippen molar-refractivity contribution in [3.05, 3.63) is 58.3 Å². The number of nitrogens with one attached hydrogen (secondary N) is 1. The lowest BCUT2D eigenvalue weighted by Crippen LogP contribution is -2.28. The van der Waals surface area contributed by atoms with Crippen LogP contribution in [-0.2, 0) is 13.0 Å². The third kappa shape index (κ3) is 3.70. The van der Waals surface area contributed by atoms with Crippen molar-refractivity contribution in [2.75, 3.05) is 0 Å². The number of benzene rings is 1. The van der Waals surface area contributed by atoms with Gasteiger partial charge in [-0.1, -0.05) is 36.4 Å². The summed E-state index contributed by atoms with van der Waals surface area (Å²) in [5.74, 6) is 0. The fourth-order valence-corrected chi connectivity index (χ4v) is 2.31. The van der Waals surface area contributed by atoms with Crippen molar-refractivity contribution in [2.24, 2.45) is 0 Å². The van der Waals surface area contributed by atoms with Crippen molar-refractivity contribution in [3.63, 3.8) is 0 Å². The Labute approximate surface area is 106 Å². The molecule has 1 unspecified atom stereocenters. The molecule has 0 aliphatic rings. The first-order valence-electron chi connectivity index (χ1n) is 5.58. The Balaban J connectivity index is 1.88. The predicted octanol–water partition coefficient (Wildman–Crippen LogP) is 2.97. The normalized spacial score (nSPS) is 11.9. The van der Waals surface area contributed by atoms with E-state index < -0.39 is 0 Å². The molecule has 0 aliphatic heterocycles. The molecule has 2 aromatic rings. The minimum atomic E-state index is -0.125. The van der Waals surface area contributed by atoms with Crippen molar-refractivity contribution >= 4 is 11.3 Å². The molecule has 3 heteroatoms. The predicted molar refractivity (Wildman–Crippen MR) is 70.7 cm³/mol. The Morgan fingerprint density at radius 3 is 2.65 bits per heavy atom. The second-order valence-electron chi connectivity index (χ2n) is 3.83. The number of nitriles is 1. The molecule has 0 fully saturated rings. The molecule has 1 N–H and O–H groups in total. The largest absolute Gasteiger partial charge is 0.297 e. The van der Waals surface area contributed by atoms with Gasteiger partial charge in [0.2, 0.25) is 0 Å². The van der Waals surface area contributed by atoms with Crippen LogP contribution in [0.15, 0.2) is 47.8 Å². The first kappa shape index (κ1) is 11.8. The van der Waals surface area contributed by atoms with Gasteiger partial charge < -0.3 is 0 Å². The lowest BCUT2D eigenvalue weighted by molar-refractivity contribution is 0.603. The highest BCUT2D eigenvalue weighted by Gasteiger charge is 2.07. The molecule has 86 valence electrons. The van der Waals surface area contributed by atoms with Crippen LogP contribution in [-0.4, -0.2) is 6.04 Å². The number of rotatable bonds is 5. The Kier molecular flexibility index (Phi) is 4.31. The maximum atomic E-state index is 9.11. The van der Waals surface area contributed by atoms with Gasteiger partial charge in [0.15, 0.2) is 0 Å². The van der Waals surface area contributed by atoms with Gasteiger partial charge in [0.05, 0.1) is 12.1 Å². The van der Waals surface area contributed by atoms with Gasteiger partial charge in [-0.2, -0.15) is 5.26 Å². The molecule has 17 heavy (non-hydrogen) atoms. The molecule has 1 aromatic carbocycles. The third-order valence-electron chi connectivity index (χ3n) is 2.54. The van der Waals surface area contributed by atoms with Gasteiger partial charge >= 0.3 is 0 Å². The summed E-state index contributed by atoms with van der Waals surface area (Å²) in [6.07, 6.45) is 0.753. The van der Waals surface area contributed by atoms with Crippen molar-refractivity contribution in [1.82, 2.24) is 5.32 Å². The van der Waals surface area contributed by atoms with E-state index in [1.807, 2.05) is 24.3 Å². The SMILES string of the molecule is N#CC(Cc1ccccc1)NCc1cccs1. The fourth-order valence-electron chi connectivity index (χ4n) is 1.65. The Morgan fingerprint density at radius 1 is 1.18 bits per heavy atom.